The molecule has 2 heterocycles. The molecule has 0 spiro atoms. The Labute approximate surface area is 114 Å². The lowest BCUT2D eigenvalue weighted by atomic mass is 10.4. The van der Waals surface area contributed by atoms with Gasteiger partial charge in [0.05, 0.1) is 28.9 Å². The number of hydrogen-bond donors (Lipinski definition) is 0. The molecule has 0 aliphatic carbocycles. The summed E-state index contributed by atoms with van der Waals surface area (Å²) in [5.74, 6) is 3.76. The molecule has 0 bridgehead atoms. The quantitative estimate of drug-likeness (QED) is 0.843. The zero-order valence-electron chi connectivity index (χ0n) is 9.72. The maximum Gasteiger partial charge on any atom is 0.232 e. The molecule has 1 aromatic heterocycles. The van der Waals surface area contributed by atoms with Crippen molar-refractivity contribution >= 4 is 41.2 Å². The summed E-state index contributed by atoms with van der Waals surface area (Å²) in [6.07, 6.45) is 0. The smallest absolute Gasteiger partial charge is 0.232 e. The number of thioether (sulfide) groups is 2. The standard InChI is InChI=1S/C10H15N3OS3/c1-8-9(12-17-11-8)6-16-7-10(14)13-2-4-15-5-3-13/h2-7H2,1H3. The Bertz CT molecular complexity index is 377. The molecule has 1 aliphatic rings. The van der Waals surface area contributed by atoms with Crippen molar-refractivity contribution in [2.75, 3.05) is 30.3 Å². The molecule has 1 fully saturated rings. The van der Waals surface area contributed by atoms with Gasteiger partial charge in [0.2, 0.25) is 5.91 Å². The minimum absolute atomic E-state index is 0.260. The van der Waals surface area contributed by atoms with Crippen molar-refractivity contribution in [3.8, 4) is 0 Å². The van der Waals surface area contributed by atoms with E-state index in [1.165, 1.54) is 11.7 Å². The molecule has 4 nitrogen and oxygen atoms in total. The van der Waals surface area contributed by atoms with Gasteiger partial charge in [-0.15, -0.1) is 11.8 Å². The van der Waals surface area contributed by atoms with Crippen LogP contribution in [-0.4, -0.2) is 49.9 Å². The summed E-state index contributed by atoms with van der Waals surface area (Å²) in [5.41, 5.74) is 2.01. The van der Waals surface area contributed by atoms with Gasteiger partial charge in [-0.2, -0.15) is 20.5 Å². The van der Waals surface area contributed by atoms with E-state index in [9.17, 15) is 4.79 Å². The summed E-state index contributed by atoms with van der Waals surface area (Å²) < 4.78 is 8.33. The van der Waals surface area contributed by atoms with Crippen LogP contribution in [0.25, 0.3) is 0 Å². The van der Waals surface area contributed by atoms with Crippen LogP contribution in [0.1, 0.15) is 11.4 Å². The second-order valence-electron chi connectivity index (χ2n) is 3.78. The molecule has 0 aromatic carbocycles. The third-order valence-electron chi connectivity index (χ3n) is 2.57. The van der Waals surface area contributed by atoms with Crippen LogP contribution >= 0.6 is 35.3 Å². The third kappa shape index (κ3) is 3.86. The van der Waals surface area contributed by atoms with E-state index in [4.69, 9.17) is 0 Å². The molecule has 0 atom stereocenters. The predicted octanol–water partition coefficient (Wildman–Crippen LogP) is 1.66. The molecule has 0 radical (unpaired) electrons. The highest BCUT2D eigenvalue weighted by Crippen LogP contribution is 2.16. The van der Waals surface area contributed by atoms with E-state index in [-0.39, 0.29) is 5.91 Å². The van der Waals surface area contributed by atoms with Crippen molar-refractivity contribution in [3.05, 3.63) is 11.4 Å². The molecule has 17 heavy (non-hydrogen) atoms. The molecule has 1 saturated heterocycles. The van der Waals surface area contributed by atoms with Crippen LogP contribution in [0.3, 0.4) is 0 Å². The van der Waals surface area contributed by atoms with Gasteiger partial charge >= 0.3 is 0 Å². The van der Waals surface area contributed by atoms with E-state index >= 15 is 0 Å². The van der Waals surface area contributed by atoms with Gasteiger partial charge in [-0.1, -0.05) is 0 Å². The zero-order valence-corrected chi connectivity index (χ0v) is 12.2. The van der Waals surface area contributed by atoms with Crippen molar-refractivity contribution in [1.29, 1.82) is 0 Å². The Morgan fingerprint density at radius 3 is 2.82 bits per heavy atom. The molecule has 94 valence electrons. The van der Waals surface area contributed by atoms with E-state index in [1.807, 2.05) is 23.6 Å². The Kier molecular flexibility index (Phi) is 5.12. The van der Waals surface area contributed by atoms with E-state index in [1.54, 1.807) is 11.8 Å². The van der Waals surface area contributed by atoms with Crippen LogP contribution < -0.4 is 0 Å². The van der Waals surface area contributed by atoms with Gasteiger partial charge < -0.3 is 4.90 Å². The number of hydrogen-bond acceptors (Lipinski definition) is 6. The van der Waals surface area contributed by atoms with Gasteiger partial charge in [-0.25, -0.2) is 0 Å². The summed E-state index contributed by atoms with van der Waals surface area (Å²) in [6, 6.07) is 0. The predicted molar refractivity (Wildman–Crippen MR) is 74.7 cm³/mol. The normalized spacial score (nSPS) is 16.2. The van der Waals surface area contributed by atoms with Crippen molar-refractivity contribution in [2.24, 2.45) is 0 Å². The van der Waals surface area contributed by atoms with Crippen molar-refractivity contribution in [2.45, 2.75) is 12.7 Å². The van der Waals surface area contributed by atoms with Gasteiger partial charge in [-0.3, -0.25) is 4.79 Å². The van der Waals surface area contributed by atoms with Crippen LogP contribution in [0.5, 0.6) is 0 Å². The first-order valence-corrected chi connectivity index (χ1v) is 8.52. The maximum atomic E-state index is 11.9. The second-order valence-corrected chi connectivity index (χ2v) is 6.52. The third-order valence-corrected chi connectivity index (χ3v) is 5.10. The van der Waals surface area contributed by atoms with E-state index < -0.39 is 0 Å². The highest BCUT2D eigenvalue weighted by atomic mass is 32.2. The fraction of sp³-hybridized carbons (Fsp3) is 0.700. The van der Waals surface area contributed by atoms with E-state index in [0.29, 0.717) is 5.75 Å². The van der Waals surface area contributed by atoms with Gasteiger partial charge in [0.15, 0.2) is 0 Å². The summed E-state index contributed by atoms with van der Waals surface area (Å²) in [7, 11) is 0. The molecule has 0 unspecified atom stereocenters. The number of nitrogens with zero attached hydrogens (tertiary/aromatic N) is 3. The van der Waals surface area contributed by atoms with Crippen LogP contribution in [0, 0.1) is 6.92 Å². The monoisotopic (exact) mass is 289 g/mol. The molecule has 7 heteroatoms. The maximum absolute atomic E-state index is 11.9. The molecule has 2 rings (SSSR count). The highest BCUT2D eigenvalue weighted by Gasteiger charge is 2.16. The van der Waals surface area contributed by atoms with E-state index in [0.717, 1.165) is 41.7 Å². The number of aryl methyl sites for hydroxylation is 1. The van der Waals surface area contributed by atoms with Gasteiger partial charge in [-0.05, 0) is 6.92 Å². The van der Waals surface area contributed by atoms with Crippen LogP contribution in [-0.2, 0) is 10.5 Å². The van der Waals surface area contributed by atoms with Gasteiger partial charge in [0.25, 0.3) is 0 Å². The highest BCUT2D eigenvalue weighted by molar-refractivity contribution is 7.99. The molecule has 1 aromatic rings. The van der Waals surface area contributed by atoms with Crippen LogP contribution in [0.4, 0.5) is 0 Å². The lowest BCUT2D eigenvalue weighted by molar-refractivity contribution is -0.127. The average molecular weight is 289 g/mol. The number of rotatable bonds is 4. The van der Waals surface area contributed by atoms with Gasteiger partial charge in [0, 0.05) is 30.3 Å². The van der Waals surface area contributed by atoms with Crippen LogP contribution in [0.2, 0.25) is 0 Å². The number of carbonyl (C=O) groups is 1. The fourth-order valence-corrected chi connectivity index (χ4v) is 3.99. The topological polar surface area (TPSA) is 46.1 Å². The SMILES string of the molecule is Cc1nsnc1CSCC(=O)N1CCSCC1. The lowest BCUT2D eigenvalue weighted by Gasteiger charge is -2.26. The zero-order chi connectivity index (χ0) is 12.1. The van der Waals surface area contributed by atoms with Crippen molar-refractivity contribution in [1.82, 2.24) is 13.6 Å². The van der Waals surface area contributed by atoms with Gasteiger partial charge in [0.1, 0.15) is 0 Å². The number of aromatic nitrogens is 2. The Morgan fingerprint density at radius 1 is 1.41 bits per heavy atom. The lowest BCUT2D eigenvalue weighted by Crippen LogP contribution is -2.38. The van der Waals surface area contributed by atoms with Crippen molar-refractivity contribution in [3.63, 3.8) is 0 Å². The summed E-state index contributed by atoms with van der Waals surface area (Å²) in [5, 5.41) is 0. The summed E-state index contributed by atoms with van der Waals surface area (Å²) in [4.78, 5) is 13.8. The Hall–Kier alpha value is -0.270. The largest absolute Gasteiger partial charge is 0.340 e. The van der Waals surface area contributed by atoms with Crippen LogP contribution in [0.15, 0.2) is 0 Å². The molecular weight excluding hydrogens is 274 g/mol. The summed E-state index contributed by atoms with van der Waals surface area (Å²) >= 11 is 4.80. The van der Waals surface area contributed by atoms with Crippen molar-refractivity contribution < 1.29 is 4.79 Å². The molecule has 1 aliphatic heterocycles. The number of carbonyl (C=O) groups excluding carboxylic acids is 1. The Morgan fingerprint density at radius 2 is 2.18 bits per heavy atom. The molecular formula is C10H15N3OS3. The molecule has 0 N–H and O–H groups in total. The minimum atomic E-state index is 0.260. The first kappa shape index (κ1) is 13.2. The first-order chi connectivity index (χ1) is 8.27. The average Bonchev–Trinajstić information content (AvgIpc) is 2.76. The Balaban J connectivity index is 1.71. The minimum Gasteiger partial charge on any atom is -0.340 e. The first-order valence-electron chi connectivity index (χ1n) is 5.48. The summed E-state index contributed by atoms with van der Waals surface area (Å²) in [6.45, 7) is 3.77. The molecule has 0 saturated carbocycles. The fourth-order valence-electron chi connectivity index (χ4n) is 1.52. The number of amides is 1. The van der Waals surface area contributed by atoms with E-state index in [2.05, 4.69) is 8.75 Å². The molecule has 1 amide bonds. The second kappa shape index (κ2) is 6.61.